The summed E-state index contributed by atoms with van der Waals surface area (Å²) < 4.78 is 28.3. The largest absolute Gasteiger partial charge is 0.349 e. The fourth-order valence-corrected chi connectivity index (χ4v) is 3.98. The first-order valence-electron chi connectivity index (χ1n) is 12.1. The van der Waals surface area contributed by atoms with Crippen molar-refractivity contribution in [2.75, 3.05) is 23.9 Å². The van der Waals surface area contributed by atoms with Crippen LogP contribution in [0.2, 0.25) is 0 Å². The van der Waals surface area contributed by atoms with E-state index in [1.165, 1.54) is 12.3 Å². The molecule has 1 saturated carbocycles. The SMILES string of the molecule is CC(C)(CF)c1cccc(Nc2nc(Nc3cc4c(cc3F)CNCC4)ncc2C(=O)NC2CC2)n1. The summed E-state index contributed by atoms with van der Waals surface area (Å²) in [4.78, 5) is 26.2. The molecule has 3 aromatic rings. The molecule has 8 nitrogen and oxygen atoms in total. The minimum Gasteiger partial charge on any atom is -0.349 e. The molecule has 0 spiro atoms. The Morgan fingerprint density at radius 1 is 1.17 bits per heavy atom. The lowest BCUT2D eigenvalue weighted by molar-refractivity contribution is 0.0951. The number of hydrogen-bond donors (Lipinski definition) is 4. The molecule has 2 aliphatic rings. The van der Waals surface area contributed by atoms with Gasteiger partial charge in [0.15, 0.2) is 0 Å². The number of pyridine rings is 1. The molecule has 4 N–H and O–H groups in total. The summed E-state index contributed by atoms with van der Waals surface area (Å²) in [6, 6.07) is 8.68. The lowest BCUT2D eigenvalue weighted by atomic mass is 9.90. The van der Waals surface area contributed by atoms with Crippen LogP contribution in [0.3, 0.4) is 0 Å². The molecule has 0 unspecified atom stereocenters. The van der Waals surface area contributed by atoms with E-state index in [4.69, 9.17) is 0 Å². The number of alkyl halides is 1. The molecule has 1 aromatic carbocycles. The van der Waals surface area contributed by atoms with Gasteiger partial charge in [-0.1, -0.05) is 19.9 Å². The molecule has 188 valence electrons. The van der Waals surface area contributed by atoms with E-state index in [2.05, 4.69) is 36.2 Å². The summed E-state index contributed by atoms with van der Waals surface area (Å²) in [5.74, 6) is 0.0456. The maximum absolute atomic E-state index is 14.8. The molecule has 36 heavy (non-hydrogen) atoms. The highest BCUT2D eigenvalue weighted by Crippen LogP contribution is 2.28. The first kappa shape index (κ1) is 24.1. The molecule has 1 aliphatic heterocycles. The summed E-state index contributed by atoms with van der Waals surface area (Å²) in [5, 5.41) is 12.2. The third-order valence-corrected chi connectivity index (χ3v) is 6.39. The number of carbonyl (C=O) groups excluding carboxylic acids is 1. The normalized spacial score (nSPS) is 15.2. The smallest absolute Gasteiger partial charge is 0.256 e. The number of benzene rings is 1. The average Bonchev–Trinajstić information content (AvgIpc) is 3.69. The Balaban J connectivity index is 1.46. The number of anilines is 4. The van der Waals surface area contributed by atoms with Gasteiger partial charge < -0.3 is 21.3 Å². The van der Waals surface area contributed by atoms with E-state index >= 15 is 0 Å². The number of halogens is 2. The van der Waals surface area contributed by atoms with E-state index in [1.54, 1.807) is 38.1 Å². The van der Waals surface area contributed by atoms with Crippen LogP contribution in [-0.2, 0) is 18.4 Å². The third-order valence-electron chi connectivity index (χ3n) is 6.39. The monoisotopic (exact) mass is 493 g/mol. The van der Waals surface area contributed by atoms with Crippen LogP contribution in [0.25, 0.3) is 0 Å². The number of nitrogens with zero attached hydrogens (tertiary/aromatic N) is 3. The molecular formula is C26H29F2N7O. The molecule has 10 heteroatoms. The first-order valence-corrected chi connectivity index (χ1v) is 12.1. The van der Waals surface area contributed by atoms with Crippen LogP contribution in [0.15, 0.2) is 36.5 Å². The zero-order chi connectivity index (χ0) is 25.3. The van der Waals surface area contributed by atoms with Crippen molar-refractivity contribution in [1.29, 1.82) is 0 Å². The number of hydrogen-bond acceptors (Lipinski definition) is 7. The van der Waals surface area contributed by atoms with Crippen LogP contribution < -0.4 is 21.3 Å². The second-order valence-corrected chi connectivity index (χ2v) is 9.91. The fraction of sp³-hybridized carbons (Fsp3) is 0.385. The van der Waals surface area contributed by atoms with Crippen molar-refractivity contribution in [2.24, 2.45) is 0 Å². The van der Waals surface area contributed by atoms with Gasteiger partial charge in [-0.05, 0) is 61.2 Å². The lowest BCUT2D eigenvalue weighted by Crippen LogP contribution is -2.27. The van der Waals surface area contributed by atoms with Gasteiger partial charge in [0.25, 0.3) is 5.91 Å². The van der Waals surface area contributed by atoms with E-state index < -0.39 is 17.9 Å². The molecule has 1 aliphatic carbocycles. The van der Waals surface area contributed by atoms with Crippen molar-refractivity contribution in [2.45, 2.75) is 51.1 Å². The van der Waals surface area contributed by atoms with Crippen LogP contribution in [0, 0.1) is 5.82 Å². The quantitative estimate of drug-likeness (QED) is 0.371. The van der Waals surface area contributed by atoms with Crippen molar-refractivity contribution in [3.05, 3.63) is 64.7 Å². The Morgan fingerprint density at radius 2 is 2.00 bits per heavy atom. The standard InChI is InChI=1S/C26H29F2N7O/c1-26(2,14-27)21-4-3-5-22(33-21)34-23-18(24(36)31-17-6-7-17)13-30-25(35-23)32-20-11-15-8-9-29-12-16(15)10-19(20)28/h3-5,10-11,13,17,29H,6-9,12,14H2,1-2H3,(H,31,36)(H2,30,32,33,34,35). The van der Waals surface area contributed by atoms with Gasteiger partial charge in [0.05, 0.1) is 11.4 Å². The number of fused-ring (bicyclic) bond motifs is 1. The van der Waals surface area contributed by atoms with Crippen molar-refractivity contribution >= 4 is 29.2 Å². The maximum Gasteiger partial charge on any atom is 0.256 e. The molecule has 0 saturated heterocycles. The van der Waals surface area contributed by atoms with Gasteiger partial charge in [-0.3, -0.25) is 9.18 Å². The number of rotatable bonds is 8. The Labute approximate surface area is 208 Å². The zero-order valence-electron chi connectivity index (χ0n) is 20.3. The maximum atomic E-state index is 14.8. The van der Waals surface area contributed by atoms with Crippen molar-refractivity contribution in [3.8, 4) is 0 Å². The highest BCUT2D eigenvalue weighted by atomic mass is 19.1. The summed E-state index contributed by atoms with van der Waals surface area (Å²) >= 11 is 0. The second kappa shape index (κ2) is 9.77. The molecule has 3 heterocycles. The number of amides is 1. The molecule has 2 aromatic heterocycles. The van der Waals surface area contributed by atoms with Crippen LogP contribution >= 0.6 is 0 Å². The van der Waals surface area contributed by atoms with E-state index in [1.807, 2.05) is 0 Å². The molecule has 1 amide bonds. The predicted octanol–water partition coefficient (Wildman–Crippen LogP) is 4.28. The number of aromatic nitrogens is 3. The molecule has 0 radical (unpaired) electrons. The van der Waals surface area contributed by atoms with Crippen LogP contribution in [0.4, 0.5) is 32.1 Å². The van der Waals surface area contributed by atoms with E-state index in [0.717, 1.165) is 36.9 Å². The molecule has 5 rings (SSSR count). The fourth-order valence-electron chi connectivity index (χ4n) is 3.98. The third kappa shape index (κ3) is 5.28. The molecule has 0 atom stereocenters. The lowest BCUT2D eigenvalue weighted by Gasteiger charge is -2.21. The Hall–Kier alpha value is -3.66. The summed E-state index contributed by atoms with van der Waals surface area (Å²) in [5.41, 5.74) is 2.30. The topological polar surface area (TPSA) is 104 Å². The number of nitrogens with one attached hydrogen (secondary N) is 4. The molecule has 1 fully saturated rings. The van der Waals surface area contributed by atoms with Gasteiger partial charge in [0.2, 0.25) is 5.95 Å². The van der Waals surface area contributed by atoms with Gasteiger partial charge in [-0.2, -0.15) is 4.98 Å². The Kier molecular flexibility index (Phi) is 6.53. The Bertz CT molecular complexity index is 1290. The van der Waals surface area contributed by atoms with Gasteiger partial charge in [-0.15, -0.1) is 0 Å². The Morgan fingerprint density at radius 3 is 2.78 bits per heavy atom. The molecular weight excluding hydrogens is 464 g/mol. The van der Waals surface area contributed by atoms with Gasteiger partial charge in [0, 0.05) is 24.2 Å². The van der Waals surface area contributed by atoms with Crippen molar-refractivity contribution in [3.63, 3.8) is 0 Å². The highest BCUT2D eigenvalue weighted by Gasteiger charge is 2.27. The predicted molar refractivity (Wildman–Crippen MR) is 134 cm³/mol. The van der Waals surface area contributed by atoms with Crippen molar-refractivity contribution in [1.82, 2.24) is 25.6 Å². The van der Waals surface area contributed by atoms with E-state index in [-0.39, 0.29) is 35.0 Å². The summed E-state index contributed by atoms with van der Waals surface area (Å²) in [6.07, 6.45) is 4.08. The van der Waals surface area contributed by atoms with Crippen LogP contribution in [0.5, 0.6) is 0 Å². The van der Waals surface area contributed by atoms with Crippen LogP contribution in [-0.4, -0.2) is 40.1 Å². The van der Waals surface area contributed by atoms with E-state index in [0.29, 0.717) is 18.1 Å². The first-order chi connectivity index (χ1) is 17.3. The van der Waals surface area contributed by atoms with Gasteiger partial charge >= 0.3 is 0 Å². The highest BCUT2D eigenvalue weighted by molar-refractivity contribution is 5.99. The van der Waals surface area contributed by atoms with Crippen molar-refractivity contribution < 1.29 is 13.6 Å². The minimum atomic E-state index is -0.762. The minimum absolute atomic E-state index is 0.133. The van der Waals surface area contributed by atoms with Gasteiger partial charge in [0.1, 0.15) is 29.7 Å². The van der Waals surface area contributed by atoms with E-state index in [9.17, 15) is 13.6 Å². The average molecular weight is 494 g/mol. The summed E-state index contributed by atoms with van der Waals surface area (Å²) in [7, 11) is 0. The zero-order valence-corrected chi connectivity index (χ0v) is 20.3. The number of carbonyl (C=O) groups is 1. The molecule has 0 bridgehead atoms. The van der Waals surface area contributed by atoms with Gasteiger partial charge in [-0.25, -0.2) is 14.4 Å². The second-order valence-electron chi connectivity index (χ2n) is 9.91. The van der Waals surface area contributed by atoms with Crippen LogP contribution in [0.1, 0.15) is 53.9 Å². The summed E-state index contributed by atoms with van der Waals surface area (Å²) in [6.45, 7) is 4.43.